The maximum atomic E-state index is 13.7. The summed E-state index contributed by atoms with van der Waals surface area (Å²) in [6.07, 6.45) is 6.80. The Morgan fingerprint density at radius 1 is 1.11 bits per heavy atom. The third kappa shape index (κ3) is 7.14. The summed E-state index contributed by atoms with van der Waals surface area (Å²) in [5.74, 6) is 0.900. The maximum Gasteiger partial charge on any atom is 0.261 e. The van der Waals surface area contributed by atoms with Crippen LogP contribution in [-0.2, 0) is 22.9 Å². The highest BCUT2D eigenvalue weighted by molar-refractivity contribution is 7.92. The quantitative estimate of drug-likeness (QED) is 0.229. The zero-order chi connectivity index (χ0) is 31.1. The van der Waals surface area contributed by atoms with Crippen molar-refractivity contribution >= 4 is 43.2 Å². The average molecular weight is 632 g/mol. The number of likely N-dealkylation sites (tertiary alicyclic amines) is 1. The second-order valence-corrected chi connectivity index (χ2v) is 16.2. The molecule has 8 nitrogen and oxygen atoms in total. The van der Waals surface area contributed by atoms with Gasteiger partial charge in [-0.3, -0.25) is 14.5 Å². The van der Waals surface area contributed by atoms with Crippen LogP contribution >= 0.6 is 11.3 Å². The summed E-state index contributed by atoms with van der Waals surface area (Å²) in [6, 6.07) is 17.2. The van der Waals surface area contributed by atoms with E-state index in [2.05, 4.69) is 52.8 Å². The Balaban J connectivity index is 1.19. The van der Waals surface area contributed by atoms with Gasteiger partial charge in [-0.25, -0.2) is 13.4 Å². The van der Waals surface area contributed by atoms with Gasteiger partial charge in [0, 0.05) is 54.2 Å². The van der Waals surface area contributed by atoms with Gasteiger partial charge in [0.25, 0.3) is 5.91 Å². The standard InChI is InChI=1S/C34H41N5O3S2/c1-34(2,3)26-11-12-29-23(17-26)16-24-19-31(43-33(24)37-29)32(40)36-30(22-8-7-9-27(18-22)38-44(4,41)42)13-15-39-20-25(21-39)28-10-5-6-14-35-28/h5-10,14,16,18-19,25-26,30,38H,11-13,15,17,20-21H2,1-4H3,(H,36,40)/t26-,30?/m0/s1. The summed E-state index contributed by atoms with van der Waals surface area (Å²) in [6.45, 7) is 9.59. The number of thiophene rings is 1. The molecule has 232 valence electrons. The predicted molar refractivity (Wildman–Crippen MR) is 178 cm³/mol. The number of hydrogen-bond acceptors (Lipinski definition) is 7. The molecule has 6 rings (SSSR count). The van der Waals surface area contributed by atoms with Gasteiger partial charge in [-0.15, -0.1) is 11.3 Å². The molecule has 1 aromatic carbocycles. The minimum absolute atomic E-state index is 0.139. The first-order valence-corrected chi connectivity index (χ1v) is 18.1. The Hall–Kier alpha value is -3.34. The van der Waals surface area contributed by atoms with Crippen LogP contribution in [0.3, 0.4) is 0 Å². The van der Waals surface area contributed by atoms with Crippen molar-refractivity contribution in [3.8, 4) is 0 Å². The second kappa shape index (κ2) is 12.2. The van der Waals surface area contributed by atoms with Gasteiger partial charge in [0.15, 0.2) is 0 Å². The van der Waals surface area contributed by atoms with Crippen LogP contribution in [0.1, 0.15) is 77.8 Å². The van der Waals surface area contributed by atoms with Crippen LogP contribution in [0.25, 0.3) is 10.2 Å². The van der Waals surface area contributed by atoms with Crippen LogP contribution in [-0.4, -0.2) is 55.1 Å². The van der Waals surface area contributed by atoms with E-state index in [-0.39, 0.29) is 17.4 Å². The zero-order valence-electron chi connectivity index (χ0n) is 25.8. The molecule has 0 saturated carbocycles. The molecule has 4 heterocycles. The van der Waals surface area contributed by atoms with Gasteiger partial charge < -0.3 is 10.2 Å². The van der Waals surface area contributed by atoms with E-state index in [9.17, 15) is 13.2 Å². The van der Waals surface area contributed by atoms with E-state index in [1.807, 2.05) is 42.6 Å². The number of nitrogens with zero attached hydrogens (tertiary/aromatic N) is 3. The Morgan fingerprint density at radius 2 is 1.93 bits per heavy atom. The van der Waals surface area contributed by atoms with Crippen molar-refractivity contribution in [2.24, 2.45) is 11.3 Å². The number of amides is 1. The van der Waals surface area contributed by atoms with Crippen molar-refractivity contribution in [3.63, 3.8) is 0 Å². The lowest BCUT2D eigenvalue weighted by Crippen LogP contribution is -2.46. The predicted octanol–water partition coefficient (Wildman–Crippen LogP) is 6.17. The average Bonchev–Trinajstić information content (AvgIpc) is 3.36. The molecule has 1 saturated heterocycles. The van der Waals surface area contributed by atoms with E-state index in [4.69, 9.17) is 4.98 Å². The number of rotatable bonds is 9. The number of benzene rings is 1. The van der Waals surface area contributed by atoms with Gasteiger partial charge in [-0.05, 0) is 84.5 Å². The summed E-state index contributed by atoms with van der Waals surface area (Å²) >= 11 is 1.44. The number of fused-ring (bicyclic) bond motifs is 2. The molecule has 2 atom stereocenters. The highest BCUT2D eigenvalue weighted by Gasteiger charge is 2.31. The van der Waals surface area contributed by atoms with Gasteiger partial charge in [0.1, 0.15) is 4.83 Å². The number of sulfonamides is 1. The molecule has 0 radical (unpaired) electrons. The minimum Gasteiger partial charge on any atom is -0.344 e. The number of anilines is 1. The SMILES string of the molecule is CC(C)(C)[C@H]1CCc2nc3sc(C(=O)NC(CCN4CC(c5ccccn5)C4)c4cccc(NS(C)(=O)=O)c4)cc3cc2C1. The van der Waals surface area contributed by atoms with Gasteiger partial charge in [-0.1, -0.05) is 39.0 Å². The highest BCUT2D eigenvalue weighted by atomic mass is 32.2. The third-order valence-electron chi connectivity index (χ3n) is 9.02. The molecule has 1 aliphatic carbocycles. The van der Waals surface area contributed by atoms with E-state index in [0.29, 0.717) is 28.8 Å². The number of hydrogen-bond donors (Lipinski definition) is 2. The first-order chi connectivity index (χ1) is 20.9. The van der Waals surface area contributed by atoms with Crippen molar-refractivity contribution in [2.45, 2.75) is 58.4 Å². The minimum atomic E-state index is -3.43. The Bertz CT molecular complexity index is 1760. The van der Waals surface area contributed by atoms with Crippen LogP contribution in [0.4, 0.5) is 5.69 Å². The van der Waals surface area contributed by atoms with Crippen molar-refractivity contribution in [3.05, 3.63) is 88.2 Å². The number of carbonyl (C=O) groups is 1. The summed E-state index contributed by atoms with van der Waals surface area (Å²) in [4.78, 5) is 27.1. The Morgan fingerprint density at radius 3 is 2.66 bits per heavy atom. The fraction of sp³-hybridized carbons (Fsp3) is 0.441. The monoisotopic (exact) mass is 631 g/mol. The number of carbonyl (C=O) groups excluding carboxylic acids is 1. The van der Waals surface area contributed by atoms with E-state index < -0.39 is 10.0 Å². The van der Waals surface area contributed by atoms with Crippen molar-refractivity contribution in [1.29, 1.82) is 0 Å². The largest absolute Gasteiger partial charge is 0.344 e. The maximum absolute atomic E-state index is 13.7. The zero-order valence-corrected chi connectivity index (χ0v) is 27.5. The first-order valence-electron chi connectivity index (χ1n) is 15.4. The fourth-order valence-electron chi connectivity index (χ4n) is 6.43. The van der Waals surface area contributed by atoms with Gasteiger partial charge >= 0.3 is 0 Å². The smallest absolute Gasteiger partial charge is 0.261 e. The first kappa shape index (κ1) is 30.7. The molecular formula is C34H41N5O3S2. The molecule has 2 aliphatic rings. The van der Waals surface area contributed by atoms with Crippen LogP contribution in [0, 0.1) is 11.3 Å². The molecule has 1 unspecified atom stereocenters. The summed E-state index contributed by atoms with van der Waals surface area (Å²) in [5, 5.41) is 4.29. The highest BCUT2D eigenvalue weighted by Crippen LogP contribution is 2.38. The van der Waals surface area contributed by atoms with Crippen molar-refractivity contribution < 1.29 is 13.2 Å². The van der Waals surface area contributed by atoms with Crippen LogP contribution in [0.5, 0.6) is 0 Å². The van der Waals surface area contributed by atoms with Crippen molar-refractivity contribution in [1.82, 2.24) is 20.2 Å². The molecule has 4 aromatic rings. The normalized spacial score (nSPS) is 18.4. The molecule has 0 bridgehead atoms. The summed E-state index contributed by atoms with van der Waals surface area (Å²) in [5.41, 5.74) is 5.18. The fourth-order valence-corrected chi connectivity index (χ4v) is 7.92. The second-order valence-electron chi connectivity index (χ2n) is 13.4. The van der Waals surface area contributed by atoms with Crippen LogP contribution in [0.2, 0.25) is 0 Å². The lowest BCUT2D eigenvalue weighted by Gasteiger charge is -2.39. The van der Waals surface area contributed by atoms with Crippen LogP contribution < -0.4 is 10.0 Å². The molecule has 1 fully saturated rings. The van der Waals surface area contributed by atoms with E-state index in [0.717, 1.165) is 66.6 Å². The molecule has 44 heavy (non-hydrogen) atoms. The summed E-state index contributed by atoms with van der Waals surface area (Å²) < 4.78 is 26.4. The lowest BCUT2D eigenvalue weighted by molar-refractivity contribution is 0.0925. The topological polar surface area (TPSA) is 104 Å². The van der Waals surface area contributed by atoms with Gasteiger partial charge in [0.05, 0.1) is 17.2 Å². The Kier molecular flexibility index (Phi) is 8.52. The number of aromatic nitrogens is 2. The van der Waals surface area contributed by atoms with E-state index in [1.165, 1.54) is 22.6 Å². The van der Waals surface area contributed by atoms with Gasteiger partial charge in [-0.2, -0.15) is 0 Å². The molecule has 3 aromatic heterocycles. The third-order valence-corrected chi connectivity index (χ3v) is 10.7. The molecule has 1 amide bonds. The molecule has 2 N–H and O–H groups in total. The summed E-state index contributed by atoms with van der Waals surface area (Å²) in [7, 11) is -3.43. The number of pyridine rings is 2. The Labute approximate surface area is 264 Å². The van der Waals surface area contributed by atoms with Crippen LogP contribution in [0.15, 0.2) is 60.8 Å². The van der Waals surface area contributed by atoms with E-state index in [1.54, 1.807) is 6.07 Å². The molecule has 1 aliphatic heterocycles. The van der Waals surface area contributed by atoms with Crippen molar-refractivity contribution in [2.75, 3.05) is 30.6 Å². The molecule has 0 spiro atoms. The number of aryl methyl sites for hydroxylation is 1. The lowest BCUT2D eigenvalue weighted by atomic mass is 9.71. The van der Waals surface area contributed by atoms with Gasteiger partial charge in [0.2, 0.25) is 10.0 Å². The molecule has 10 heteroatoms. The number of nitrogens with one attached hydrogen (secondary N) is 2. The molecular weight excluding hydrogens is 591 g/mol. The van der Waals surface area contributed by atoms with E-state index >= 15 is 0 Å².